The number of ketones is 1. The number of carbonyl (C=O) groups is 1. The third-order valence-electron chi connectivity index (χ3n) is 2.97. The first kappa shape index (κ1) is 13.8. The summed E-state index contributed by atoms with van der Waals surface area (Å²) < 4.78 is 7.83. The van der Waals surface area contributed by atoms with Gasteiger partial charge in [-0.3, -0.25) is 9.48 Å². The van der Waals surface area contributed by atoms with Gasteiger partial charge in [-0.05, 0) is 37.6 Å². The molecule has 2 aromatic rings. The number of rotatable bonds is 4. The molecule has 0 saturated carbocycles. The largest absolute Gasteiger partial charge is 0.493 e. The third kappa shape index (κ3) is 2.56. The van der Waals surface area contributed by atoms with Crippen LogP contribution in [0.4, 0.5) is 0 Å². The minimum atomic E-state index is -0.0683. The molecule has 0 aliphatic carbocycles. The summed E-state index contributed by atoms with van der Waals surface area (Å²) in [6.45, 7) is 4.48. The standard InChI is InChI=1S/C14H15BrN2O2/c1-4-17-13(12(19-3)8-16-17)14(18)11-6-5-10(15)7-9(11)2/h5-8H,4H2,1-3H3. The molecule has 0 N–H and O–H groups in total. The zero-order valence-corrected chi connectivity index (χ0v) is 12.7. The Bertz CT molecular complexity index is 598. The van der Waals surface area contributed by atoms with Gasteiger partial charge in [0, 0.05) is 16.6 Å². The molecule has 0 saturated heterocycles. The van der Waals surface area contributed by atoms with Gasteiger partial charge in [-0.25, -0.2) is 0 Å². The van der Waals surface area contributed by atoms with Crippen molar-refractivity contribution in [3.05, 3.63) is 45.7 Å². The summed E-state index contributed by atoms with van der Waals surface area (Å²) in [5.41, 5.74) is 2.08. The maximum Gasteiger partial charge on any atom is 0.215 e. The quantitative estimate of drug-likeness (QED) is 0.812. The molecule has 2 rings (SSSR count). The predicted octanol–water partition coefficient (Wildman–Crippen LogP) is 3.21. The van der Waals surface area contributed by atoms with Crippen LogP contribution in [0.3, 0.4) is 0 Å². The van der Waals surface area contributed by atoms with Crippen LogP contribution < -0.4 is 4.74 Å². The van der Waals surface area contributed by atoms with E-state index < -0.39 is 0 Å². The molecule has 1 heterocycles. The molecule has 0 fully saturated rings. The molecule has 1 aromatic heterocycles. The van der Waals surface area contributed by atoms with Crippen LogP contribution in [0, 0.1) is 6.92 Å². The number of halogens is 1. The highest BCUT2D eigenvalue weighted by molar-refractivity contribution is 9.10. The molecule has 4 nitrogen and oxygen atoms in total. The number of aryl methyl sites for hydroxylation is 2. The Kier molecular flexibility index (Phi) is 4.04. The van der Waals surface area contributed by atoms with Crippen LogP contribution in [0.1, 0.15) is 28.5 Å². The molecule has 0 spiro atoms. The second-order valence-electron chi connectivity index (χ2n) is 4.17. The van der Waals surface area contributed by atoms with Crippen molar-refractivity contribution in [2.24, 2.45) is 0 Å². The first-order valence-corrected chi connectivity index (χ1v) is 6.78. The van der Waals surface area contributed by atoms with Gasteiger partial charge in [-0.1, -0.05) is 15.9 Å². The van der Waals surface area contributed by atoms with E-state index in [9.17, 15) is 4.79 Å². The first-order chi connectivity index (χ1) is 9.08. The number of hydrogen-bond donors (Lipinski definition) is 0. The Labute approximate surface area is 120 Å². The second-order valence-corrected chi connectivity index (χ2v) is 5.08. The lowest BCUT2D eigenvalue weighted by Gasteiger charge is -2.09. The minimum Gasteiger partial charge on any atom is -0.493 e. The summed E-state index contributed by atoms with van der Waals surface area (Å²) in [5, 5.41) is 4.16. The molecular formula is C14H15BrN2O2. The lowest BCUT2D eigenvalue weighted by atomic mass is 10.0. The smallest absolute Gasteiger partial charge is 0.215 e. The fourth-order valence-electron chi connectivity index (χ4n) is 2.00. The van der Waals surface area contributed by atoms with Crippen molar-refractivity contribution in [1.29, 1.82) is 0 Å². The summed E-state index contributed by atoms with van der Waals surface area (Å²) in [5.74, 6) is 0.440. The molecule has 100 valence electrons. The monoisotopic (exact) mass is 322 g/mol. The lowest BCUT2D eigenvalue weighted by molar-refractivity contribution is 0.102. The maximum absolute atomic E-state index is 12.6. The van der Waals surface area contributed by atoms with E-state index in [1.165, 1.54) is 0 Å². The fraction of sp³-hybridized carbons (Fsp3) is 0.286. The van der Waals surface area contributed by atoms with Gasteiger partial charge in [-0.15, -0.1) is 0 Å². The van der Waals surface area contributed by atoms with Gasteiger partial charge in [-0.2, -0.15) is 5.10 Å². The van der Waals surface area contributed by atoms with Gasteiger partial charge < -0.3 is 4.74 Å². The molecule has 19 heavy (non-hydrogen) atoms. The van der Waals surface area contributed by atoms with Crippen LogP contribution in [0.2, 0.25) is 0 Å². The van der Waals surface area contributed by atoms with Gasteiger partial charge in [0.25, 0.3) is 0 Å². The number of methoxy groups -OCH3 is 1. The van der Waals surface area contributed by atoms with Gasteiger partial charge in [0.1, 0.15) is 0 Å². The molecule has 1 aromatic carbocycles. The van der Waals surface area contributed by atoms with Crippen molar-refractivity contribution < 1.29 is 9.53 Å². The van der Waals surface area contributed by atoms with Crippen LogP contribution in [-0.2, 0) is 6.54 Å². The van der Waals surface area contributed by atoms with Crippen LogP contribution >= 0.6 is 15.9 Å². The topological polar surface area (TPSA) is 44.1 Å². The average Bonchev–Trinajstić information content (AvgIpc) is 2.80. The molecular weight excluding hydrogens is 308 g/mol. The van der Waals surface area contributed by atoms with E-state index >= 15 is 0 Å². The molecule has 0 aliphatic heterocycles. The summed E-state index contributed by atoms with van der Waals surface area (Å²) in [7, 11) is 1.54. The number of hydrogen-bond acceptors (Lipinski definition) is 3. The summed E-state index contributed by atoms with van der Waals surface area (Å²) in [4.78, 5) is 12.6. The van der Waals surface area contributed by atoms with Crippen molar-refractivity contribution in [2.75, 3.05) is 7.11 Å². The molecule has 0 aliphatic rings. The molecule has 5 heteroatoms. The third-order valence-corrected chi connectivity index (χ3v) is 3.47. The van der Waals surface area contributed by atoms with Gasteiger partial charge in [0.05, 0.1) is 13.3 Å². The Morgan fingerprint density at radius 3 is 2.79 bits per heavy atom. The Morgan fingerprint density at radius 2 is 2.21 bits per heavy atom. The zero-order valence-electron chi connectivity index (χ0n) is 11.1. The van der Waals surface area contributed by atoms with E-state index in [2.05, 4.69) is 21.0 Å². The van der Waals surface area contributed by atoms with E-state index in [1.54, 1.807) is 18.0 Å². The highest BCUT2D eigenvalue weighted by Crippen LogP contribution is 2.24. The number of nitrogens with zero attached hydrogens (tertiary/aromatic N) is 2. The molecule has 0 unspecified atom stereocenters. The zero-order chi connectivity index (χ0) is 14.0. The van der Waals surface area contributed by atoms with E-state index in [-0.39, 0.29) is 5.78 Å². The van der Waals surface area contributed by atoms with Crippen molar-refractivity contribution in [3.63, 3.8) is 0 Å². The van der Waals surface area contributed by atoms with E-state index in [0.29, 0.717) is 23.6 Å². The number of carbonyl (C=O) groups excluding carboxylic acids is 1. The molecule has 0 bridgehead atoms. The highest BCUT2D eigenvalue weighted by Gasteiger charge is 2.21. The van der Waals surface area contributed by atoms with Crippen molar-refractivity contribution in [1.82, 2.24) is 9.78 Å². The van der Waals surface area contributed by atoms with Crippen LogP contribution in [0.15, 0.2) is 28.9 Å². The predicted molar refractivity (Wildman–Crippen MR) is 76.8 cm³/mol. The summed E-state index contributed by atoms with van der Waals surface area (Å²) >= 11 is 3.40. The van der Waals surface area contributed by atoms with Gasteiger partial charge in [0.2, 0.25) is 5.78 Å². The lowest BCUT2D eigenvalue weighted by Crippen LogP contribution is -2.12. The number of benzene rings is 1. The van der Waals surface area contributed by atoms with Crippen molar-refractivity contribution >= 4 is 21.7 Å². The molecule has 0 amide bonds. The average molecular weight is 323 g/mol. The molecule has 0 atom stereocenters. The normalized spacial score (nSPS) is 10.5. The van der Waals surface area contributed by atoms with Crippen LogP contribution in [-0.4, -0.2) is 22.7 Å². The van der Waals surface area contributed by atoms with Gasteiger partial charge in [0.15, 0.2) is 11.4 Å². The van der Waals surface area contributed by atoms with Crippen LogP contribution in [0.5, 0.6) is 5.75 Å². The maximum atomic E-state index is 12.6. The summed E-state index contributed by atoms with van der Waals surface area (Å²) in [6, 6.07) is 5.60. The Hall–Kier alpha value is -1.62. The highest BCUT2D eigenvalue weighted by atomic mass is 79.9. The Balaban J connectivity index is 2.52. The van der Waals surface area contributed by atoms with Crippen molar-refractivity contribution in [3.8, 4) is 5.75 Å². The van der Waals surface area contributed by atoms with E-state index in [4.69, 9.17) is 4.74 Å². The number of ether oxygens (including phenoxy) is 1. The van der Waals surface area contributed by atoms with Crippen molar-refractivity contribution in [2.45, 2.75) is 20.4 Å². The minimum absolute atomic E-state index is 0.0683. The fourth-order valence-corrected chi connectivity index (χ4v) is 2.47. The van der Waals surface area contributed by atoms with E-state index in [1.807, 2.05) is 32.0 Å². The molecule has 0 radical (unpaired) electrons. The second kappa shape index (κ2) is 5.57. The first-order valence-electron chi connectivity index (χ1n) is 5.99. The summed E-state index contributed by atoms with van der Waals surface area (Å²) in [6.07, 6.45) is 1.57. The SMILES string of the molecule is CCn1ncc(OC)c1C(=O)c1ccc(Br)cc1C. The van der Waals surface area contributed by atoms with Gasteiger partial charge >= 0.3 is 0 Å². The number of aromatic nitrogens is 2. The Morgan fingerprint density at radius 1 is 1.47 bits per heavy atom. The van der Waals surface area contributed by atoms with E-state index in [0.717, 1.165) is 10.0 Å². The van der Waals surface area contributed by atoms with Crippen LogP contribution in [0.25, 0.3) is 0 Å².